The number of benzene rings is 1. The molecule has 1 aromatic rings. The van der Waals surface area contributed by atoms with Gasteiger partial charge < -0.3 is 15.6 Å². The van der Waals surface area contributed by atoms with E-state index in [1.165, 1.54) is 18.2 Å². The zero-order valence-electron chi connectivity index (χ0n) is 9.98. The summed E-state index contributed by atoms with van der Waals surface area (Å²) < 4.78 is 40.2. The molecule has 1 rings (SSSR count). The van der Waals surface area contributed by atoms with Gasteiger partial charge in [0.2, 0.25) is 5.91 Å². The summed E-state index contributed by atoms with van der Waals surface area (Å²) in [7, 11) is 0. The van der Waals surface area contributed by atoms with Gasteiger partial charge in [-0.05, 0) is 17.7 Å². The summed E-state index contributed by atoms with van der Waals surface area (Å²) in [6.07, 6.45) is -2.41. The van der Waals surface area contributed by atoms with Crippen LogP contribution >= 0.6 is 0 Å². The van der Waals surface area contributed by atoms with Crippen molar-refractivity contribution in [2.24, 2.45) is 5.73 Å². The lowest BCUT2D eigenvalue weighted by molar-refractivity contribution is -0.274. The summed E-state index contributed by atoms with van der Waals surface area (Å²) in [5.41, 5.74) is 4.52. The summed E-state index contributed by atoms with van der Waals surface area (Å²) in [5, 5.41) is 8.78. The van der Waals surface area contributed by atoms with Crippen molar-refractivity contribution in [2.75, 3.05) is 0 Å². The SMILES string of the molecule is NC(=O)CC=Cc1ccc(C(=O)O)c(OC(F)(F)F)c1. The van der Waals surface area contributed by atoms with Gasteiger partial charge in [0.25, 0.3) is 0 Å². The molecule has 0 aromatic heterocycles. The van der Waals surface area contributed by atoms with Crippen molar-refractivity contribution in [3.63, 3.8) is 0 Å². The Hall–Kier alpha value is -2.51. The van der Waals surface area contributed by atoms with Gasteiger partial charge in [0.05, 0.1) is 0 Å². The molecule has 8 heteroatoms. The third kappa shape index (κ3) is 5.01. The topological polar surface area (TPSA) is 89.6 Å². The van der Waals surface area contributed by atoms with Crippen LogP contribution < -0.4 is 10.5 Å². The molecule has 108 valence electrons. The summed E-state index contributed by atoms with van der Waals surface area (Å²) in [6.45, 7) is 0. The molecule has 0 fully saturated rings. The molecule has 0 unspecified atom stereocenters. The van der Waals surface area contributed by atoms with Crippen molar-refractivity contribution in [2.45, 2.75) is 12.8 Å². The maximum atomic E-state index is 12.2. The number of primary amides is 1. The number of rotatable bonds is 5. The van der Waals surface area contributed by atoms with Crippen LogP contribution in [0.25, 0.3) is 6.08 Å². The minimum atomic E-state index is -5.00. The molecule has 0 radical (unpaired) electrons. The zero-order valence-corrected chi connectivity index (χ0v) is 9.98. The van der Waals surface area contributed by atoms with Crippen molar-refractivity contribution in [1.82, 2.24) is 0 Å². The summed E-state index contributed by atoms with van der Waals surface area (Å²) >= 11 is 0. The van der Waals surface area contributed by atoms with Crippen molar-refractivity contribution >= 4 is 18.0 Å². The number of carbonyl (C=O) groups is 2. The smallest absolute Gasteiger partial charge is 0.478 e. The number of hydrogen-bond donors (Lipinski definition) is 2. The summed E-state index contributed by atoms with van der Waals surface area (Å²) in [5.74, 6) is -2.97. The van der Waals surface area contributed by atoms with Crippen molar-refractivity contribution < 1.29 is 32.6 Å². The average Bonchev–Trinajstić information content (AvgIpc) is 2.25. The maximum absolute atomic E-state index is 12.2. The minimum Gasteiger partial charge on any atom is -0.478 e. The van der Waals surface area contributed by atoms with Crippen molar-refractivity contribution in [3.05, 3.63) is 35.4 Å². The van der Waals surface area contributed by atoms with Crippen LogP contribution in [-0.4, -0.2) is 23.3 Å². The number of halogens is 3. The van der Waals surface area contributed by atoms with E-state index in [0.29, 0.717) is 0 Å². The lowest BCUT2D eigenvalue weighted by Gasteiger charge is -2.11. The first-order valence-corrected chi connectivity index (χ1v) is 5.27. The minimum absolute atomic E-state index is 0.0872. The molecule has 0 saturated carbocycles. The number of amides is 1. The standard InChI is InChI=1S/C12H10F3NO4/c13-12(14,15)20-9-6-7(2-1-3-10(16)17)4-5-8(9)11(18)19/h1-2,4-6H,3H2,(H2,16,17)(H,18,19). The van der Waals surface area contributed by atoms with E-state index in [1.54, 1.807) is 0 Å². The zero-order chi connectivity index (χ0) is 15.3. The normalized spacial score (nSPS) is 11.6. The van der Waals surface area contributed by atoms with Gasteiger partial charge in [0.1, 0.15) is 11.3 Å². The maximum Gasteiger partial charge on any atom is 0.573 e. The number of carboxylic acids is 1. The average molecular weight is 289 g/mol. The van der Waals surface area contributed by atoms with E-state index in [-0.39, 0.29) is 12.0 Å². The lowest BCUT2D eigenvalue weighted by Crippen LogP contribution is -2.19. The highest BCUT2D eigenvalue weighted by molar-refractivity contribution is 5.91. The molecule has 1 aromatic carbocycles. The Bertz CT molecular complexity index is 552. The van der Waals surface area contributed by atoms with Gasteiger partial charge in [-0.15, -0.1) is 13.2 Å². The molecular formula is C12H10F3NO4. The van der Waals surface area contributed by atoms with Crippen LogP contribution in [0, 0.1) is 0 Å². The Morgan fingerprint density at radius 1 is 1.35 bits per heavy atom. The van der Waals surface area contributed by atoms with E-state index >= 15 is 0 Å². The van der Waals surface area contributed by atoms with Crippen LogP contribution in [0.5, 0.6) is 5.75 Å². The second-order valence-corrected chi connectivity index (χ2v) is 3.68. The molecule has 0 saturated heterocycles. The third-order valence-electron chi connectivity index (χ3n) is 2.09. The van der Waals surface area contributed by atoms with Gasteiger partial charge in [0.15, 0.2) is 0 Å². The third-order valence-corrected chi connectivity index (χ3v) is 2.09. The van der Waals surface area contributed by atoms with Gasteiger partial charge in [0, 0.05) is 6.42 Å². The van der Waals surface area contributed by atoms with Crippen LogP contribution in [0.2, 0.25) is 0 Å². The second-order valence-electron chi connectivity index (χ2n) is 3.68. The first-order valence-electron chi connectivity index (χ1n) is 5.27. The molecule has 3 N–H and O–H groups in total. The highest BCUT2D eigenvalue weighted by atomic mass is 19.4. The number of hydrogen-bond acceptors (Lipinski definition) is 3. The highest BCUT2D eigenvalue weighted by Gasteiger charge is 2.33. The number of nitrogens with two attached hydrogens (primary N) is 1. The summed E-state index contributed by atoms with van der Waals surface area (Å²) in [4.78, 5) is 21.3. The van der Waals surface area contributed by atoms with Crippen LogP contribution in [0.15, 0.2) is 24.3 Å². The Labute approximate surface area is 111 Å². The summed E-state index contributed by atoms with van der Waals surface area (Å²) in [6, 6.07) is 3.17. The van der Waals surface area contributed by atoms with Crippen molar-refractivity contribution in [1.29, 1.82) is 0 Å². The molecule has 0 bridgehead atoms. The highest BCUT2D eigenvalue weighted by Crippen LogP contribution is 2.28. The molecule has 0 atom stereocenters. The fourth-order valence-electron chi connectivity index (χ4n) is 1.34. The Kier molecular flexibility index (Phi) is 4.73. The van der Waals surface area contributed by atoms with Gasteiger partial charge in [-0.3, -0.25) is 4.79 Å². The lowest BCUT2D eigenvalue weighted by atomic mass is 10.1. The Morgan fingerprint density at radius 3 is 2.50 bits per heavy atom. The van der Waals surface area contributed by atoms with E-state index < -0.39 is 29.6 Å². The van der Waals surface area contributed by atoms with Gasteiger partial charge in [-0.1, -0.05) is 18.2 Å². The molecule has 0 heterocycles. The first-order chi connectivity index (χ1) is 9.19. The Balaban J connectivity index is 3.07. The van der Waals surface area contributed by atoms with E-state index in [1.807, 2.05) is 0 Å². The second kappa shape index (κ2) is 6.09. The fourth-order valence-corrected chi connectivity index (χ4v) is 1.34. The van der Waals surface area contributed by atoms with E-state index in [0.717, 1.165) is 12.1 Å². The van der Waals surface area contributed by atoms with Crippen LogP contribution in [0.1, 0.15) is 22.3 Å². The largest absolute Gasteiger partial charge is 0.573 e. The number of aromatic carboxylic acids is 1. The molecule has 5 nitrogen and oxygen atoms in total. The quantitative estimate of drug-likeness (QED) is 0.869. The number of carbonyl (C=O) groups excluding carboxylic acids is 1. The van der Waals surface area contributed by atoms with Crippen LogP contribution in [-0.2, 0) is 4.79 Å². The predicted octanol–water partition coefficient (Wildman–Crippen LogP) is 2.17. The van der Waals surface area contributed by atoms with Crippen molar-refractivity contribution in [3.8, 4) is 5.75 Å². The molecule has 20 heavy (non-hydrogen) atoms. The van der Waals surface area contributed by atoms with Crippen LogP contribution in [0.3, 0.4) is 0 Å². The molecule has 0 aliphatic rings. The number of ether oxygens (including phenoxy) is 1. The van der Waals surface area contributed by atoms with E-state index in [9.17, 15) is 22.8 Å². The van der Waals surface area contributed by atoms with Gasteiger partial charge >= 0.3 is 12.3 Å². The van der Waals surface area contributed by atoms with Crippen LogP contribution in [0.4, 0.5) is 13.2 Å². The monoisotopic (exact) mass is 289 g/mol. The molecule has 1 amide bonds. The number of carboxylic acid groups (broad SMARTS) is 1. The van der Waals surface area contributed by atoms with E-state index in [2.05, 4.69) is 4.74 Å². The predicted molar refractivity (Wildman–Crippen MR) is 62.9 cm³/mol. The van der Waals surface area contributed by atoms with Gasteiger partial charge in [-0.2, -0.15) is 0 Å². The Morgan fingerprint density at radius 2 is 2.00 bits per heavy atom. The van der Waals surface area contributed by atoms with Gasteiger partial charge in [-0.25, -0.2) is 4.79 Å². The molecule has 0 spiro atoms. The fraction of sp³-hybridized carbons (Fsp3) is 0.167. The number of alkyl halides is 3. The molecular weight excluding hydrogens is 279 g/mol. The van der Waals surface area contributed by atoms with E-state index in [4.69, 9.17) is 10.8 Å². The molecule has 0 aliphatic heterocycles. The first kappa shape index (κ1) is 15.5. The molecule has 0 aliphatic carbocycles.